The summed E-state index contributed by atoms with van der Waals surface area (Å²) in [7, 11) is 3.01. The van der Waals surface area contributed by atoms with Crippen LogP contribution in [0.25, 0.3) is 44.6 Å². The van der Waals surface area contributed by atoms with Crippen LogP contribution in [0, 0.1) is 13.8 Å². The zero-order valence-corrected chi connectivity index (χ0v) is 43.7. The van der Waals surface area contributed by atoms with Gasteiger partial charge in [0.2, 0.25) is 11.8 Å². The van der Waals surface area contributed by atoms with Gasteiger partial charge >= 0.3 is 11.9 Å². The van der Waals surface area contributed by atoms with Gasteiger partial charge in [-0.25, -0.2) is 9.59 Å². The Balaban J connectivity index is 0.916. The molecule has 77 heavy (non-hydrogen) atoms. The lowest BCUT2D eigenvalue weighted by Gasteiger charge is -2.16. The summed E-state index contributed by atoms with van der Waals surface area (Å²) in [5.74, 6) is -0.472. The molecule has 0 aliphatic rings. The van der Waals surface area contributed by atoms with Crippen LogP contribution in [-0.2, 0) is 49.5 Å². The lowest BCUT2D eigenvalue weighted by Crippen LogP contribution is -2.39. The van der Waals surface area contributed by atoms with E-state index in [2.05, 4.69) is 10.6 Å². The molecule has 2 amide bonds. The van der Waals surface area contributed by atoms with E-state index in [9.17, 15) is 29.4 Å². The number of methoxy groups -OCH3 is 2. The van der Waals surface area contributed by atoms with Crippen molar-refractivity contribution in [2.24, 2.45) is 0 Å². The molecule has 400 valence electrons. The summed E-state index contributed by atoms with van der Waals surface area (Å²) in [6.45, 7) is 3.16. The van der Waals surface area contributed by atoms with E-state index < -0.39 is 24.0 Å². The third-order valence-electron chi connectivity index (χ3n) is 13.1. The maximum atomic E-state index is 14.1. The van der Waals surface area contributed by atoms with Gasteiger partial charge in [0.25, 0.3) is 0 Å². The molecule has 8 aromatic rings. The molecule has 15 heteroatoms. The summed E-state index contributed by atoms with van der Waals surface area (Å²) in [6.07, 6.45) is 1.81. The van der Waals surface area contributed by atoms with Crippen molar-refractivity contribution in [2.45, 2.75) is 64.5 Å². The van der Waals surface area contributed by atoms with E-state index in [0.29, 0.717) is 70.2 Å². The molecule has 0 fully saturated rings. The number of aliphatic hydroxyl groups excluding tert-OH is 2. The molecule has 2 aromatic heterocycles. The Morgan fingerprint density at radius 1 is 0.506 bits per heavy atom. The van der Waals surface area contributed by atoms with E-state index in [1.54, 1.807) is 24.3 Å². The molecule has 0 radical (unpaired) electrons. The number of carbonyl (C=O) groups excluding carboxylic acids is 4. The number of benzene rings is 6. The normalized spacial score (nSPS) is 12.0. The molecular formula is C62H64N2O13. The molecule has 6 aromatic carbocycles. The van der Waals surface area contributed by atoms with E-state index in [-0.39, 0.29) is 86.9 Å². The monoisotopic (exact) mass is 1040 g/mol. The average Bonchev–Trinajstić information content (AvgIpc) is 4.09. The minimum Gasteiger partial charge on any atom is -0.493 e. The molecule has 4 N–H and O–H groups in total. The number of aryl methyl sites for hydroxylation is 4. The van der Waals surface area contributed by atoms with Crippen LogP contribution >= 0.6 is 0 Å². The molecule has 0 spiro atoms. The van der Waals surface area contributed by atoms with Crippen LogP contribution in [0.15, 0.2) is 142 Å². The quantitative estimate of drug-likeness (QED) is 0.0295. The average molecular weight is 1050 g/mol. The highest BCUT2D eigenvalue weighted by Crippen LogP contribution is 2.41. The molecule has 0 bridgehead atoms. The summed E-state index contributed by atoms with van der Waals surface area (Å²) < 4.78 is 41.7. The third-order valence-corrected chi connectivity index (χ3v) is 13.1. The van der Waals surface area contributed by atoms with Gasteiger partial charge in [-0.1, -0.05) is 120 Å². The van der Waals surface area contributed by atoms with Crippen LogP contribution in [0.4, 0.5) is 0 Å². The lowest BCUT2D eigenvalue weighted by molar-refractivity contribution is -0.122. The third kappa shape index (κ3) is 14.2. The van der Waals surface area contributed by atoms with E-state index in [0.717, 1.165) is 33.4 Å². The Hall–Kier alpha value is -8.24. The van der Waals surface area contributed by atoms with Crippen molar-refractivity contribution in [1.82, 2.24) is 10.6 Å². The zero-order valence-electron chi connectivity index (χ0n) is 43.7. The summed E-state index contributed by atoms with van der Waals surface area (Å²) in [5.41, 5.74) is 7.79. The Kier molecular flexibility index (Phi) is 18.9. The summed E-state index contributed by atoms with van der Waals surface area (Å²) in [5, 5.41) is 26.8. The van der Waals surface area contributed by atoms with Gasteiger partial charge in [-0.3, -0.25) is 9.59 Å². The first-order valence-electron chi connectivity index (χ1n) is 25.7. The van der Waals surface area contributed by atoms with Crippen molar-refractivity contribution >= 4 is 45.7 Å². The number of aliphatic hydroxyl groups is 2. The minimum atomic E-state index is -0.665. The Morgan fingerprint density at radius 3 is 1.26 bits per heavy atom. The molecular weight excluding hydrogens is 981 g/mol. The highest BCUT2D eigenvalue weighted by Gasteiger charge is 2.28. The summed E-state index contributed by atoms with van der Waals surface area (Å²) in [4.78, 5) is 54.5. The van der Waals surface area contributed by atoms with Crippen LogP contribution in [-0.4, -0.2) is 99.9 Å². The molecule has 15 nitrogen and oxygen atoms in total. The summed E-state index contributed by atoms with van der Waals surface area (Å²) >= 11 is 0. The Bertz CT molecular complexity index is 3060. The van der Waals surface area contributed by atoms with Crippen LogP contribution in [0.2, 0.25) is 0 Å². The summed E-state index contributed by atoms with van der Waals surface area (Å²) in [6, 6.07) is 40.6. The SMILES string of the molecule is COc1cc(CCC(=O)NC(CO)Cc2ccccc2)cc2c(C(=O)OCCOCCOC(=O)c3c(-c4ccc(C)cc4)oc4c(OC)cc(CCC(=O)NC(CO)Cc5ccccc5)cc34)c(-c3ccc(C)cc3)oc12. The van der Waals surface area contributed by atoms with Gasteiger partial charge in [-0.15, -0.1) is 0 Å². The van der Waals surface area contributed by atoms with Crippen molar-refractivity contribution < 1.29 is 61.9 Å². The smallest absolute Gasteiger partial charge is 0.342 e. The van der Waals surface area contributed by atoms with Gasteiger partial charge in [0.1, 0.15) is 35.9 Å². The molecule has 0 aliphatic heterocycles. The zero-order chi connectivity index (χ0) is 54.3. The maximum absolute atomic E-state index is 14.1. The van der Waals surface area contributed by atoms with Crippen LogP contribution < -0.4 is 20.1 Å². The second kappa shape index (κ2) is 26.5. The van der Waals surface area contributed by atoms with Crippen molar-refractivity contribution in [1.29, 1.82) is 0 Å². The van der Waals surface area contributed by atoms with Gasteiger partial charge in [-0.05, 0) is 86.1 Å². The van der Waals surface area contributed by atoms with E-state index in [4.69, 9.17) is 32.5 Å². The number of hydrogen-bond acceptors (Lipinski definition) is 13. The van der Waals surface area contributed by atoms with Crippen molar-refractivity contribution in [3.63, 3.8) is 0 Å². The second-order valence-electron chi connectivity index (χ2n) is 18.9. The van der Waals surface area contributed by atoms with Gasteiger partial charge in [-0.2, -0.15) is 0 Å². The number of rotatable bonds is 26. The molecule has 0 saturated heterocycles. The topological polar surface area (TPSA) is 205 Å². The Morgan fingerprint density at radius 2 is 0.896 bits per heavy atom. The van der Waals surface area contributed by atoms with Crippen molar-refractivity contribution in [3.8, 4) is 34.1 Å². The van der Waals surface area contributed by atoms with Gasteiger partial charge in [0.05, 0.1) is 52.7 Å². The number of ether oxygens (including phenoxy) is 5. The maximum Gasteiger partial charge on any atom is 0.342 e. The van der Waals surface area contributed by atoms with Crippen LogP contribution in [0.5, 0.6) is 11.5 Å². The predicted octanol–water partition coefficient (Wildman–Crippen LogP) is 9.48. The standard InChI is InChI=1S/C62H64N2O13/c1-39-15-21-45(22-16-39)57-55(49-33-43(35-51(71-3)59(49)76-57)19-25-53(67)63-47(37-65)31-41-11-7-5-8-12-41)61(69)74-29-27-73-28-30-75-62(70)56-50-34-44(20-26-54(68)64-48(38-66)32-42-13-9-6-10-14-42)36-52(72-4)60(50)77-58(56)46-23-17-40(2)18-24-46/h5-18,21-24,33-36,47-48,65-66H,19-20,25-32,37-38H2,1-4H3,(H,63,67)(H,64,68). The molecule has 2 atom stereocenters. The predicted molar refractivity (Wildman–Crippen MR) is 292 cm³/mol. The van der Waals surface area contributed by atoms with E-state index >= 15 is 0 Å². The largest absolute Gasteiger partial charge is 0.493 e. The van der Waals surface area contributed by atoms with Gasteiger partial charge in [0, 0.05) is 34.7 Å². The number of amides is 2. The Labute approximate surface area is 447 Å². The molecule has 2 heterocycles. The number of esters is 2. The fraction of sp³-hybridized carbons (Fsp3) is 0.290. The number of hydrogen-bond donors (Lipinski definition) is 4. The minimum absolute atomic E-state index is 0.0234. The van der Waals surface area contributed by atoms with Crippen LogP contribution in [0.1, 0.15) is 66.9 Å². The van der Waals surface area contributed by atoms with E-state index in [1.807, 2.05) is 123 Å². The van der Waals surface area contributed by atoms with Gasteiger partial charge in [0.15, 0.2) is 22.7 Å². The molecule has 0 aliphatic carbocycles. The molecule has 0 saturated carbocycles. The number of nitrogens with one attached hydrogen (secondary N) is 2. The lowest BCUT2D eigenvalue weighted by atomic mass is 10.0. The highest BCUT2D eigenvalue weighted by atomic mass is 16.6. The van der Waals surface area contributed by atoms with E-state index in [1.165, 1.54) is 14.2 Å². The number of furan rings is 2. The van der Waals surface area contributed by atoms with Crippen LogP contribution in [0.3, 0.4) is 0 Å². The van der Waals surface area contributed by atoms with Crippen molar-refractivity contribution in [3.05, 3.63) is 178 Å². The first-order chi connectivity index (χ1) is 37.4. The number of fused-ring (bicyclic) bond motifs is 2. The first-order valence-corrected chi connectivity index (χ1v) is 25.7. The first kappa shape index (κ1) is 55.0. The van der Waals surface area contributed by atoms with Gasteiger partial charge < -0.3 is 53.4 Å². The highest BCUT2D eigenvalue weighted by molar-refractivity contribution is 6.11. The number of carbonyl (C=O) groups is 4. The molecule has 8 rings (SSSR count). The van der Waals surface area contributed by atoms with Crippen molar-refractivity contribution in [2.75, 3.05) is 53.9 Å². The fourth-order valence-corrected chi connectivity index (χ4v) is 9.13. The second-order valence-corrected chi connectivity index (χ2v) is 18.9. The fourth-order valence-electron chi connectivity index (χ4n) is 9.13. The molecule has 2 unspecified atom stereocenters.